The second-order valence-corrected chi connectivity index (χ2v) is 8.14. The number of morpholine rings is 1. The Balaban J connectivity index is 1.60. The number of benzene rings is 2. The fourth-order valence-corrected chi connectivity index (χ4v) is 4.09. The van der Waals surface area contributed by atoms with E-state index in [1.807, 2.05) is 37.3 Å². The third-order valence-corrected chi connectivity index (χ3v) is 5.86. The fraction of sp³-hybridized carbons (Fsp3) is 0.375. The second-order valence-electron chi connectivity index (χ2n) is 8.14. The van der Waals surface area contributed by atoms with Gasteiger partial charge in [-0.25, -0.2) is 4.79 Å². The summed E-state index contributed by atoms with van der Waals surface area (Å²) in [6.45, 7) is 5.81. The number of hydrogen-bond acceptors (Lipinski definition) is 5. The van der Waals surface area contributed by atoms with Crippen molar-refractivity contribution in [2.75, 3.05) is 32.8 Å². The first-order valence-electron chi connectivity index (χ1n) is 10.9. The molecule has 4 rings (SSSR count). The number of nitrogens with one attached hydrogen (secondary N) is 1. The van der Waals surface area contributed by atoms with Crippen molar-refractivity contribution in [1.82, 2.24) is 19.4 Å². The van der Waals surface area contributed by atoms with E-state index in [4.69, 9.17) is 4.74 Å². The highest BCUT2D eigenvalue weighted by Crippen LogP contribution is 2.12. The lowest BCUT2D eigenvalue weighted by molar-refractivity contribution is -0.135. The van der Waals surface area contributed by atoms with Gasteiger partial charge >= 0.3 is 5.69 Å². The summed E-state index contributed by atoms with van der Waals surface area (Å²) < 4.78 is 6.42. The van der Waals surface area contributed by atoms with E-state index in [1.165, 1.54) is 0 Å². The molecule has 2 aromatic carbocycles. The van der Waals surface area contributed by atoms with Crippen LogP contribution in [0.25, 0.3) is 10.9 Å². The van der Waals surface area contributed by atoms with E-state index in [9.17, 15) is 14.4 Å². The first-order chi connectivity index (χ1) is 15.5. The van der Waals surface area contributed by atoms with Crippen molar-refractivity contribution in [1.29, 1.82) is 0 Å². The number of carbonyl (C=O) groups excluding carboxylic acids is 1. The molecule has 0 radical (unpaired) electrons. The van der Waals surface area contributed by atoms with Crippen LogP contribution in [-0.2, 0) is 22.6 Å². The lowest BCUT2D eigenvalue weighted by Gasteiger charge is -2.35. The van der Waals surface area contributed by atoms with Gasteiger partial charge in [0.05, 0.1) is 24.1 Å². The normalized spacial score (nSPS) is 15.5. The molecule has 1 saturated heterocycles. The number of hydrogen-bond donors (Lipinski definition) is 1. The second kappa shape index (κ2) is 9.93. The highest BCUT2D eigenvalue weighted by Gasteiger charge is 2.25. The van der Waals surface area contributed by atoms with Crippen LogP contribution in [0, 0.1) is 0 Å². The minimum absolute atomic E-state index is 0.101. The SMILES string of the molecule is CC(CN1CCOCC1)N(Cc1ccccc1)C(=O)Cn1c(=O)[nH]c2ccccc2c1=O. The van der Waals surface area contributed by atoms with Crippen molar-refractivity contribution < 1.29 is 9.53 Å². The van der Waals surface area contributed by atoms with Crippen LogP contribution in [0.4, 0.5) is 0 Å². The molecule has 8 nitrogen and oxygen atoms in total. The standard InChI is InChI=1S/C24H28N4O4/c1-18(15-26-11-13-32-14-12-26)27(16-19-7-3-2-4-8-19)22(29)17-28-23(30)20-9-5-6-10-21(20)25-24(28)31/h2-10,18H,11-17H2,1H3,(H,25,31). The van der Waals surface area contributed by atoms with Crippen LogP contribution in [0.3, 0.4) is 0 Å². The zero-order chi connectivity index (χ0) is 22.5. The third-order valence-electron chi connectivity index (χ3n) is 5.86. The number of rotatable bonds is 7. The van der Waals surface area contributed by atoms with Gasteiger partial charge in [-0.15, -0.1) is 0 Å². The zero-order valence-electron chi connectivity index (χ0n) is 18.2. The van der Waals surface area contributed by atoms with Gasteiger partial charge in [-0.05, 0) is 24.6 Å². The van der Waals surface area contributed by atoms with Crippen LogP contribution in [0.2, 0.25) is 0 Å². The molecule has 0 bridgehead atoms. The van der Waals surface area contributed by atoms with Gasteiger partial charge < -0.3 is 14.6 Å². The minimum Gasteiger partial charge on any atom is -0.379 e. The van der Waals surface area contributed by atoms with E-state index < -0.39 is 11.2 Å². The molecule has 1 N–H and O–H groups in total. The summed E-state index contributed by atoms with van der Waals surface area (Å²) in [6, 6.07) is 16.5. The number of para-hydroxylation sites is 1. The molecule has 32 heavy (non-hydrogen) atoms. The molecule has 8 heteroatoms. The van der Waals surface area contributed by atoms with Gasteiger partial charge in [0.2, 0.25) is 5.91 Å². The number of ether oxygens (including phenoxy) is 1. The van der Waals surface area contributed by atoms with Crippen molar-refractivity contribution in [3.05, 3.63) is 81.0 Å². The number of fused-ring (bicyclic) bond motifs is 1. The smallest absolute Gasteiger partial charge is 0.329 e. The molecule has 2 heterocycles. The zero-order valence-corrected chi connectivity index (χ0v) is 18.2. The van der Waals surface area contributed by atoms with Crippen LogP contribution in [0.15, 0.2) is 64.2 Å². The lowest BCUT2D eigenvalue weighted by Crippen LogP contribution is -2.50. The van der Waals surface area contributed by atoms with E-state index in [2.05, 4.69) is 9.88 Å². The molecule has 168 valence electrons. The molecule has 1 aliphatic rings. The molecule has 0 aliphatic carbocycles. The quantitative estimate of drug-likeness (QED) is 0.606. The van der Waals surface area contributed by atoms with Crippen LogP contribution in [0.1, 0.15) is 12.5 Å². The van der Waals surface area contributed by atoms with Crippen molar-refractivity contribution in [3.63, 3.8) is 0 Å². The average Bonchev–Trinajstić information content (AvgIpc) is 2.81. The van der Waals surface area contributed by atoms with E-state index >= 15 is 0 Å². The molecular formula is C24H28N4O4. The van der Waals surface area contributed by atoms with Crippen molar-refractivity contribution in [2.24, 2.45) is 0 Å². The van der Waals surface area contributed by atoms with Gasteiger partial charge in [-0.2, -0.15) is 0 Å². The van der Waals surface area contributed by atoms with Gasteiger partial charge in [0.25, 0.3) is 5.56 Å². The van der Waals surface area contributed by atoms with Crippen LogP contribution < -0.4 is 11.2 Å². The van der Waals surface area contributed by atoms with Gasteiger partial charge in [-0.1, -0.05) is 42.5 Å². The molecule has 0 saturated carbocycles. The molecule has 0 spiro atoms. The molecule has 1 aromatic heterocycles. The predicted octanol–water partition coefficient (Wildman–Crippen LogP) is 1.44. The number of nitrogens with zero attached hydrogens (tertiary/aromatic N) is 3. The summed E-state index contributed by atoms with van der Waals surface area (Å²) >= 11 is 0. The third kappa shape index (κ3) is 4.98. The topological polar surface area (TPSA) is 87.6 Å². The molecule has 1 unspecified atom stereocenters. The summed E-state index contributed by atoms with van der Waals surface area (Å²) in [6.07, 6.45) is 0. The van der Waals surface area contributed by atoms with E-state index in [0.29, 0.717) is 37.2 Å². The summed E-state index contributed by atoms with van der Waals surface area (Å²) in [5.41, 5.74) is 0.420. The van der Waals surface area contributed by atoms with Gasteiger partial charge in [0.15, 0.2) is 0 Å². The Morgan fingerprint density at radius 3 is 2.50 bits per heavy atom. The Hall–Kier alpha value is -3.23. The fourth-order valence-electron chi connectivity index (χ4n) is 4.09. The Morgan fingerprint density at radius 2 is 1.75 bits per heavy atom. The first-order valence-corrected chi connectivity index (χ1v) is 10.9. The summed E-state index contributed by atoms with van der Waals surface area (Å²) in [7, 11) is 0. The predicted molar refractivity (Wildman–Crippen MR) is 123 cm³/mol. The number of amides is 1. The highest BCUT2D eigenvalue weighted by atomic mass is 16.5. The maximum absolute atomic E-state index is 13.4. The minimum atomic E-state index is -0.581. The maximum atomic E-state index is 13.4. The summed E-state index contributed by atoms with van der Waals surface area (Å²) in [4.78, 5) is 45.6. The number of aromatic amines is 1. The Kier molecular flexibility index (Phi) is 6.82. The highest BCUT2D eigenvalue weighted by molar-refractivity contribution is 5.79. The molecule has 1 amide bonds. The van der Waals surface area contributed by atoms with E-state index in [0.717, 1.165) is 23.2 Å². The Bertz CT molecular complexity index is 1180. The summed E-state index contributed by atoms with van der Waals surface area (Å²) in [5.74, 6) is -0.266. The molecule has 3 aromatic rings. The molecular weight excluding hydrogens is 408 g/mol. The number of H-pyrrole nitrogens is 1. The molecule has 1 fully saturated rings. The van der Waals surface area contributed by atoms with Crippen molar-refractivity contribution >= 4 is 16.8 Å². The van der Waals surface area contributed by atoms with Gasteiger partial charge in [0, 0.05) is 32.2 Å². The Labute approximate surface area is 186 Å². The van der Waals surface area contributed by atoms with Crippen LogP contribution in [-0.4, -0.2) is 64.1 Å². The average molecular weight is 437 g/mol. The van der Waals surface area contributed by atoms with Gasteiger partial charge in [-0.3, -0.25) is 19.1 Å². The molecule has 1 atom stereocenters. The molecule has 1 aliphatic heterocycles. The lowest BCUT2D eigenvalue weighted by atomic mass is 10.1. The van der Waals surface area contributed by atoms with E-state index in [-0.39, 0.29) is 18.5 Å². The first kappa shape index (κ1) is 22.0. The largest absolute Gasteiger partial charge is 0.379 e. The maximum Gasteiger partial charge on any atom is 0.329 e. The van der Waals surface area contributed by atoms with Crippen molar-refractivity contribution in [2.45, 2.75) is 26.1 Å². The van der Waals surface area contributed by atoms with Crippen molar-refractivity contribution in [3.8, 4) is 0 Å². The Morgan fingerprint density at radius 1 is 1.06 bits per heavy atom. The van der Waals surface area contributed by atoms with E-state index in [1.54, 1.807) is 29.2 Å². The number of aromatic nitrogens is 2. The number of carbonyl (C=O) groups is 1. The monoisotopic (exact) mass is 436 g/mol. The summed E-state index contributed by atoms with van der Waals surface area (Å²) in [5, 5.41) is 0.385. The van der Waals surface area contributed by atoms with Gasteiger partial charge in [0.1, 0.15) is 6.54 Å². The van der Waals surface area contributed by atoms with Crippen LogP contribution in [0.5, 0.6) is 0 Å². The van der Waals surface area contributed by atoms with Crippen LogP contribution >= 0.6 is 0 Å².